The SMILES string of the molecule is CS(=O)(=O)C1CCCC1Nc1ccccc1F. The average Bonchev–Trinajstić information content (AvgIpc) is 2.69. The molecule has 0 aliphatic heterocycles. The van der Waals surface area contributed by atoms with Gasteiger partial charge >= 0.3 is 0 Å². The minimum Gasteiger partial charge on any atom is -0.379 e. The van der Waals surface area contributed by atoms with Crippen LogP contribution in [0.25, 0.3) is 0 Å². The summed E-state index contributed by atoms with van der Waals surface area (Å²) < 4.78 is 36.6. The molecule has 0 amide bonds. The van der Waals surface area contributed by atoms with Crippen molar-refractivity contribution in [3.05, 3.63) is 30.1 Å². The van der Waals surface area contributed by atoms with E-state index in [9.17, 15) is 12.8 Å². The van der Waals surface area contributed by atoms with Crippen LogP contribution in [0.3, 0.4) is 0 Å². The molecule has 1 aromatic rings. The van der Waals surface area contributed by atoms with Crippen molar-refractivity contribution in [2.24, 2.45) is 0 Å². The largest absolute Gasteiger partial charge is 0.379 e. The first kappa shape index (κ1) is 12.4. The Morgan fingerprint density at radius 3 is 2.65 bits per heavy atom. The van der Waals surface area contributed by atoms with E-state index in [0.29, 0.717) is 12.1 Å². The van der Waals surface area contributed by atoms with Gasteiger partial charge in [-0.25, -0.2) is 12.8 Å². The van der Waals surface area contributed by atoms with Gasteiger partial charge in [0.15, 0.2) is 9.84 Å². The summed E-state index contributed by atoms with van der Waals surface area (Å²) in [5.74, 6) is -0.341. The lowest BCUT2D eigenvalue weighted by Gasteiger charge is -2.20. The summed E-state index contributed by atoms with van der Waals surface area (Å²) >= 11 is 0. The van der Waals surface area contributed by atoms with E-state index >= 15 is 0 Å². The van der Waals surface area contributed by atoms with Gasteiger partial charge in [0.05, 0.1) is 10.9 Å². The smallest absolute Gasteiger partial charge is 0.152 e. The van der Waals surface area contributed by atoms with Crippen molar-refractivity contribution < 1.29 is 12.8 Å². The summed E-state index contributed by atoms with van der Waals surface area (Å²) in [7, 11) is -3.07. The van der Waals surface area contributed by atoms with Crippen LogP contribution < -0.4 is 5.32 Å². The van der Waals surface area contributed by atoms with Crippen LogP contribution in [0.1, 0.15) is 19.3 Å². The lowest BCUT2D eigenvalue weighted by Crippen LogP contribution is -2.34. The summed E-state index contributed by atoms with van der Waals surface area (Å²) in [6.07, 6.45) is 3.54. The topological polar surface area (TPSA) is 46.2 Å². The molecule has 0 saturated heterocycles. The van der Waals surface area contributed by atoms with Gasteiger partial charge in [0.25, 0.3) is 0 Å². The monoisotopic (exact) mass is 257 g/mol. The van der Waals surface area contributed by atoms with E-state index in [1.54, 1.807) is 18.2 Å². The number of para-hydroxylation sites is 1. The standard InChI is InChI=1S/C12H16FNO2S/c1-17(15,16)12-8-4-7-11(12)14-10-6-3-2-5-9(10)13/h2-3,5-6,11-12,14H,4,7-8H2,1H3. The van der Waals surface area contributed by atoms with Crippen molar-refractivity contribution in [1.82, 2.24) is 0 Å². The van der Waals surface area contributed by atoms with Crippen LogP contribution in [0.5, 0.6) is 0 Å². The maximum atomic E-state index is 13.5. The van der Waals surface area contributed by atoms with Gasteiger partial charge in [0, 0.05) is 12.3 Å². The Kier molecular flexibility index (Phi) is 3.38. The highest BCUT2D eigenvalue weighted by Gasteiger charge is 2.34. The quantitative estimate of drug-likeness (QED) is 0.903. The van der Waals surface area contributed by atoms with Crippen LogP contribution in [0.2, 0.25) is 0 Å². The predicted molar refractivity (Wildman–Crippen MR) is 66.3 cm³/mol. The zero-order chi connectivity index (χ0) is 12.5. The van der Waals surface area contributed by atoms with Gasteiger partial charge in [-0.2, -0.15) is 0 Å². The molecule has 1 aromatic carbocycles. The third-order valence-electron chi connectivity index (χ3n) is 3.22. The lowest BCUT2D eigenvalue weighted by molar-refractivity contribution is 0.577. The van der Waals surface area contributed by atoms with Gasteiger partial charge in [-0.15, -0.1) is 0 Å². The summed E-state index contributed by atoms with van der Waals surface area (Å²) in [5, 5.41) is 2.61. The molecule has 1 fully saturated rings. The van der Waals surface area contributed by atoms with Crippen molar-refractivity contribution in [2.75, 3.05) is 11.6 Å². The molecule has 94 valence electrons. The zero-order valence-electron chi connectivity index (χ0n) is 9.69. The molecule has 0 spiro atoms. The van der Waals surface area contributed by atoms with Gasteiger partial charge in [0.2, 0.25) is 0 Å². The van der Waals surface area contributed by atoms with Crippen molar-refractivity contribution in [1.29, 1.82) is 0 Å². The van der Waals surface area contributed by atoms with Crippen LogP contribution in [-0.4, -0.2) is 26.0 Å². The third kappa shape index (κ3) is 2.77. The van der Waals surface area contributed by atoms with Gasteiger partial charge in [0.1, 0.15) is 5.82 Å². The highest BCUT2D eigenvalue weighted by molar-refractivity contribution is 7.91. The van der Waals surface area contributed by atoms with Crippen LogP contribution in [0, 0.1) is 5.82 Å². The number of sulfone groups is 1. The molecular formula is C12H16FNO2S. The molecule has 2 atom stereocenters. The fraction of sp³-hybridized carbons (Fsp3) is 0.500. The normalized spacial score (nSPS) is 24.8. The molecule has 1 aliphatic rings. The van der Waals surface area contributed by atoms with E-state index in [2.05, 4.69) is 5.32 Å². The Labute approximate surface area is 101 Å². The van der Waals surface area contributed by atoms with E-state index in [1.165, 1.54) is 12.3 Å². The van der Waals surface area contributed by atoms with Gasteiger partial charge in [-0.1, -0.05) is 12.1 Å². The Morgan fingerprint density at radius 1 is 1.29 bits per heavy atom. The molecule has 3 nitrogen and oxygen atoms in total. The first-order valence-corrected chi connectivity index (χ1v) is 7.64. The summed E-state index contributed by atoms with van der Waals surface area (Å²) in [4.78, 5) is 0. The summed E-state index contributed by atoms with van der Waals surface area (Å²) in [6, 6.07) is 6.17. The molecule has 0 aromatic heterocycles. The first-order valence-electron chi connectivity index (χ1n) is 5.68. The molecule has 5 heteroatoms. The van der Waals surface area contributed by atoms with E-state index < -0.39 is 15.1 Å². The molecule has 17 heavy (non-hydrogen) atoms. The van der Waals surface area contributed by atoms with E-state index in [0.717, 1.165) is 12.8 Å². The van der Waals surface area contributed by atoms with Crippen LogP contribution >= 0.6 is 0 Å². The Morgan fingerprint density at radius 2 is 2.00 bits per heavy atom. The number of anilines is 1. The Bertz CT molecular complexity index is 501. The molecule has 0 radical (unpaired) electrons. The van der Waals surface area contributed by atoms with E-state index in [4.69, 9.17) is 0 Å². The van der Waals surface area contributed by atoms with Crippen molar-refractivity contribution in [3.8, 4) is 0 Å². The molecule has 0 bridgehead atoms. The highest BCUT2D eigenvalue weighted by atomic mass is 32.2. The second-order valence-electron chi connectivity index (χ2n) is 4.53. The lowest BCUT2D eigenvalue weighted by atomic mass is 10.2. The summed E-state index contributed by atoms with van der Waals surface area (Å²) in [6.45, 7) is 0. The van der Waals surface area contributed by atoms with Crippen molar-refractivity contribution >= 4 is 15.5 Å². The second-order valence-corrected chi connectivity index (χ2v) is 6.79. The van der Waals surface area contributed by atoms with Crippen LogP contribution in [0.15, 0.2) is 24.3 Å². The fourth-order valence-corrected chi connectivity index (χ4v) is 3.78. The van der Waals surface area contributed by atoms with Crippen LogP contribution in [-0.2, 0) is 9.84 Å². The third-order valence-corrected chi connectivity index (χ3v) is 4.88. The maximum absolute atomic E-state index is 13.5. The summed E-state index contributed by atoms with van der Waals surface area (Å²) in [5.41, 5.74) is 0.382. The first-order chi connectivity index (χ1) is 7.98. The molecule has 1 aliphatic carbocycles. The van der Waals surface area contributed by atoms with E-state index in [1.807, 2.05) is 0 Å². The number of halogens is 1. The van der Waals surface area contributed by atoms with Crippen LogP contribution in [0.4, 0.5) is 10.1 Å². The second kappa shape index (κ2) is 4.64. The number of benzene rings is 1. The molecule has 0 heterocycles. The maximum Gasteiger partial charge on any atom is 0.152 e. The average molecular weight is 257 g/mol. The molecule has 2 rings (SSSR count). The Hall–Kier alpha value is -1.10. The zero-order valence-corrected chi connectivity index (χ0v) is 10.5. The predicted octanol–water partition coefficient (Wildman–Crippen LogP) is 2.20. The number of hydrogen-bond acceptors (Lipinski definition) is 3. The highest BCUT2D eigenvalue weighted by Crippen LogP contribution is 2.28. The fourth-order valence-electron chi connectivity index (χ4n) is 2.38. The number of rotatable bonds is 3. The number of nitrogens with one attached hydrogen (secondary N) is 1. The minimum atomic E-state index is -3.07. The molecule has 2 unspecified atom stereocenters. The Balaban J connectivity index is 2.17. The van der Waals surface area contributed by atoms with Gasteiger partial charge in [-0.05, 0) is 31.4 Å². The van der Waals surface area contributed by atoms with Gasteiger partial charge in [-0.3, -0.25) is 0 Å². The molecule has 1 saturated carbocycles. The van der Waals surface area contributed by atoms with Crippen molar-refractivity contribution in [3.63, 3.8) is 0 Å². The molecule has 1 N–H and O–H groups in total. The van der Waals surface area contributed by atoms with E-state index in [-0.39, 0.29) is 11.9 Å². The molecular weight excluding hydrogens is 241 g/mol. The number of hydrogen-bond donors (Lipinski definition) is 1. The minimum absolute atomic E-state index is 0.179. The van der Waals surface area contributed by atoms with Crippen molar-refractivity contribution in [2.45, 2.75) is 30.6 Å². The van der Waals surface area contributed by atoms with Gasteiger partial charge < -0.3 is 5.32 Å².